The fourth-order valence-electron chi connectivity index (χ4n) is 1.59. The Bertz CT molecular complexity index is 693. The highest BCUT2D eigenvalue weighted by atomic mass is 35.5. The van der Waals surface area contributed by atoms with Crippen molar-refractivity contribution in [2.45, 2.75) is 0 Å². The van der Waals surface area contributed by atoms with Crippen LogP contribution in [-0.4, -0.2) is 12.5 Å². The SMILES string of the molecule is N#Cc1ccc(NC(=O)COc2ccc(N)cc2)c(Cl)c1. The second-order valence-corrected chi connectivity index (χ2v) is 4.62. The van der Waals surface area contributed by atoms with Crippen molar-refractivity contribution in [3.05, 3.63) is 53.1 Å². The Hall–Kier alpha value is -2.71. The van der Waals surface area contributed by atoms with Crippen LogP contribution in [0.4, 0.5) is 11.4 Å². The summed E-state index contributed by atoms with van der Waals surface area (Å²) in [5.74, 6) is 0.198. The Labute approximate surface area is 126 Å². The number of nitrogens with zero attached hydrogens (tertiary/aromatic N) is 1. The summed E-state index contributed by atoms with van der Waals surface area (Å²) in [5, 5.41) is 11.7. The van der Waals surface area contributed by atoms with Gasteiger partial charge in [0.15, 0.2) is 6.61 Å². The number of anilines is 2. The van der Waals surface area contributed by atoms with Crippen molar-refractivity contribution < 1.29 is 9.53 Å². The number of rotatable bonds is 4. The summed E-state index contributed by atoms with van der Waals surface area (Å²) >= 11 is 5.97. The molecule has 0 aliphatic carbocycles. The minimum absolute atomic E-state index is 0.153. The van der Waals surface area contributed by atoms with E-state index in [-0.39, 0.29) is 12.5 Å². The molecule has 1 amide bonds. The van der Waals surface area contributed by atoms with Crippen molar-refractivity contribution in [2.24, 2.45) is 0 Å². The van der Waals surface area contributed by atoms with Gasteiger partial charge in [0.25, 0.3) is 5.91 Å². The monoisotopic (exact) mass is 301 g/mol. The molecular weight excluding hydrogens is 290 g/mol. The largest absolute Gasteiger partial charge is 0.484 e. The summed E-state index contributed by atoms with van der Waals surface area (Å²) in [4.78, 5) is 11.8. The van der Waals surface area contributed by atoms with Gasteiger partial charge in [0.1, 0.15) is 5.75 Å². The third-order valence-corrected chi connectivity index (χ3v) is 2.94. The molecule has 2 rings (SSSR count). The number of amides is 1. The number of nitrogens with one attached hydrogen (secondary N) is 1. The van der Waals surface area contributed by atoms with E-state index in [1.807, 2.05) is 6.07 Å². The summed E-state index contributed by atoms with van der Waals surface area (Å²) in [5.41, 5.74) is 7.03. The zero-order chi connectivity index (χ0) is 15.2. The predicted molar refractivity (Wildman–Crippen MR) is 81.1 cm³/mol. The lowest BCUT2D eigenvalue weighted by molar-refractivity contribution is -0.118. The normalized spacial score (nSPS) is 9.71. The summed E-state index contributed by atoms with van der Waals surface area (Å²) < 4.78 is 5.32. The van der Waals surface area contributed by atoms with Crippen LogP contribution in [0, 0.1) is 11.3 Å². The van der Waals surface area contributed by atoms with E-state index in [0.717, 1.165) is 0 Å². The first-order valence-corrected chi connectivity index (χ1v) is 6.44. The molecule has 0 spiro atoms. The highest BCUT2D eigenvalue weighted by Gasteiger charge is 2.07. The first-order chi connectivity index (χ1) is 10.1. The molecule has 0 radical (unpaired) electrons. The van der Waals surface area contributed by atoms with Crippen molar-refractivity contribution in [3.63, 3.8) is 0 Å². The Balaban J connectivity index is 1.93. The molecule has 0 aromatic heterocycles. The van der Waals surface area contributed by atoms with E-state index in [2.05, 4.69) is 5.32 Å². The lowest BCUT2D eigenvalue weighted by Crippen LogP contribution is -2.20. The lowest BCUT2D eigenvalue weighted by atomic mass is 10.2. The average molecular weight is 302 g/mol. The van der Waals surface area contributed by atoms with Crippen LogP contribution in [0.25, 0.3) is 0 Å². The average Bonchev–Trinajstić information content (AvgIpc) is 2.48. The van der Waals surface area contributed by atoms with E-state index in [1.54, 1.807) is 36.4 Å². The lowest BCUT2D eigenvalue weighted by Gasteiger charge is -2.09. The van der Waals surface area contributed by atoms with Crippen molar-refractivity contribution in [1.29, 1.82) is 5.26 Å². The maximum Gasteiger partial charge on any atom is 0.262 e. The Kier molecular flexibility index (Phi) is 4.64. The molecular formula is C15H12ClN3O2. The van der Waals surface area contributed by atoms with Gasteiger partial charge in [-0.05, 0) is 42.5 Å². The van der Waals surface area contributed by atoms with Crippen LogP contribution >= 0.6 is 11.6 Å². The van der Waals surface area contributed by atoms with Crippen molar-refractivity contribution in [2.75, 3.05) is 17.7 Å². The van der Waals surface area contributed by atoms with Crippen LogP contribution in [0.3, 0.4) is 0 Å². The molecule has 2 aromatic carbocycles. The Morgan fingerprint density at radius 2 is 2.00 bits per heavy atom. The molecule has 0 saturated heterocycles. The highest BCUT2D eigenvalue weighted by molar-refractivity contribution is 6.33. The molecule has 3 N–H and O–H groups in total. The molecule has 0 aliphatic rings. The third kappa shape index (κ3) is 4.13. The number of nitrogens with two attached hydrogens (primary N) is 1. The number of carbonyl (C=O) groups is 1. The van der Waals surface area contributed by atoms with Gasteiger partial charge in [-0.15, -0.1) is 0 Å². The van der Waals surface area contributed by atoms with Crippen LogP contribution in [0.5, 0.6) is 5.75 Å². The maximum atomic E-state index is 11.8. The van der Waals surface area contributed by atoms with Crippen LogP contribution in [0.2, 0.25) is 5.02 Å². The zero-order valence-corrected chi connectivity index (χ0v) is 11.7. The van der Waals surface area contributed by atoms with E-state index >= 15 is 0 Å². The molecule has 21 heavy (non-hydrogen) atoms. The van der Waals surface area contributed by atoms with Crippen molar-refractivity contribution >= 4 is 28.9 Å². The summed E-state index contributed by atoms with van der Waals surface area (Å²) in [6.07, 6.45) is 0. The van der Waals surface area contributed by atoms with E-state index in [4.69, 9.17) is 27.3 Å². The second kappa shape index (κ2) is 6.64. The molecule has 0 heterocycles. The molecule has 106 valence electrons. The van der Waals surface area contributed by atoms with Crippen LogP contribution in [0.15, 0.2) is 42.5 Å². The molecule has 0 unspecified atom stereocenters. The van der Waals surface area contributed by atoms with E-state index in [1.165, 1.54) is 6.07 Å². The van der Waals surface area contributed by atoms with Gasteiger partial charge in [-0.1, -0.05) is 11.6 Å². The predicted octanol–water partition coefficient (Wildman–Crippen LogP) is 2.81. The van der Waals surface area contributed by atoms with Crippen molar-refractivity contribution in [3.8, 4) is 11.8 Å². The first-order valence-electron chi connectivity index (χ1n) is 6.06. The minimum atomic E-state index is -0.349. The fraction of sp³-hybridized carbons (Fsp3) is 0.0667. The number of benzene rings is 2. The summed E-state index contributed by atoms with van der Waals surface area (Å²) in [6, 6.07) is 13.3. The third-order valence-electron chi connectivity index (χ3n) is 2.62. The van der Waals surface area contributed by atoms with E-state index < -0.39 is 0 Å². The molecule has 2 aromatic rings. The smallest absolute Gasteiger partial charge is 0.262 e. The van der Waals surface area contributed by atoms with Gasteiger partial charge in [0, 0.05) is 5.69 Å². The second-order valence-electron chi connectivity index (χ2n) is 4.21. The molecule has 5 nitrogen and oxygen atoms in total. The molecule has 0 atom stereocenters. The fourth-order valence-corrected chi connectivity index (χ4v) is 1.81. The van der Waals surface area contributed by atoms with Crippen LogP contribution in [-0.2, 0) is 4.79 Å². The first kappa shape index (κ1) is 14.7. The van der Waals surface area contributed by atoms with Gasteiger partial charge in [-0.3, -0.25) is 4.79 Å². The molecule has 6 heteroatoms. The van der Waals surface area contributed by atoms with Gasteiger partial charge in [0.2, 0.25) is 0 Å². The summed E-state index contributed by atoms with van der Waals surface area (Å²) in [6.45, 7) is -0.153. The number of ether oxygens (including phenoxy) is 1. The van der Waals surface area contributed by atoms with E-state index in [9.17, 15) is 4.79 Å². The Morgan fingerprint density at radius 1 is 1.29 bits per heavy atom. The topological polar surface area (TPSA) is 88.1 Å². The van der Waals surface area contributed by atoms with E-state index in [0.29, 0.717) is 27.7 Å². The van der Waals surface area contributed by atoms with Gasteiger partial charge in [0.05, 0.1) is 22.3 Å². The molecule has 0 aliphatic heterocycles. The number of hydrogen-bond acceptors (Lipinski definition) is 4. The Morgan fingerprint density at radius 3 is 2.62 bits per heavy atom. The van der Waals surface area contributed by atoms with Gasteiger partial charge >= 0.3 is 0 Å². The molecule has 0 saturated carbocycles. The van der Waals surface area contributed by atoms with Gasteiger partial charge < -0.3 is 15.8 Å². The standard InChI is InChI=1S/C15H12ClN3O2/c16-13-7-10(8-17)1-6-14(13)19-15(20)9-21-12-4-2-11(18)3-5-12/h1-7H,9,18H2,(H,19,20). The van der Waals surface area contributed by atoms with Gasteiger partial charge in [-0.2, -0.15) is 5.26 Å². The minimum Gasteiger partial charge on any atom is -0.484 e. The number of nitriles is 1. The summed E-state index contributed by atoms with van der Waals surface area (Å²) in [7, 11) is 0. The van der Waals surface area contributed by atoms with Crippen LogP contribution in [0.1, 0.15) is 5.56 Å². The maximum absolute atomic E-state index is 11.8. The van der Waals surface area contributed by atoms with Crippen LogP contribution < -0.4 is 15.8 Å². The molecule has 0 fully saturated rings. The van der Waals surface area contributed by atoms with Gasteiger partial charge in [-0.25, -0.2) is 0 Å². The quantitative estimate of drug-likeness (QED) is 0.850. The molecule has 0 bridgehead atoms. The number of carbonyl (C=O) groups excluding carboxylic acids is 1. The number of halogens is 1. The highest BCUT2D eigenvalue weighted by Crippen LogP contribution is 2.22. The number of hydrogen-bond donors (Lipinski definition) is 2. The number of nitrogen functional groups attached to an aromatic ring is 1. The zero-order valence-electron chi connectivity index (χ0n) is 11.0. The van der Waals surface area contributed by atoms with Crippen molar-refractivity contribution in [1.82, 2.24) is 0 Å².